The molecule has 1 fully saturated rings. The highest BCUT2D eigenvalue weighted by Gasteiger charge is 2.30. The average Bonchev–Trinajstić information content (AvgIpc) is 3.19. The lowest BCUT2D eigenvalue weighted by molar-refractivity contribution is -0.127. The predicted molar refractivity (Wildman–Crippen MR) is 101 cm³/mol. The Labute approximate surface area is 155 Å². The number of anilines is 1. The zero-order chi connectivity index (χ0) is 17.6. The Hall–Kier alpha value is -1.38. The second-order valence-electron chi connectivity index (χ2n) is 7.18. The quantitative estimate of drug-likeness (QED) is 0.653. The van der Waals surface area contributed by atoms with E-state index in [-0.39, 0.29) is 11.5 Å². The van der Waals surface area contributed by atoms with Gasteiger partial charge in [0.1, 0.15) is 10.6 Å². The zero-order valence-corrected chi connectivity index (χ0v) is 16.1. The number of nitrogens with zero attached hydrogens (tertiary/aromatic N) is 3. The number of hydrogen-bond donors (Lipinski definition) is 1. The molecule has 134 valence electrons. The monoisotopic (exact) mass is 378 g/mol. The van der Waals surface area contributed by atoms with Crippen molar-refractivity contribution in [1.82, 2.24) is 14.9 Å². The summed E-state index contributed by atoms with van der Waals surface area (Å²) in [4.78, 5) is 25.3. The third-order valence-electron chi connectivity index (χ3n) is 4.72. The van der Waals surface area contributed by atoms with Gasteiger partial charge in [0, 0.05) is 24.4 Å². The zero-order valence-electron chi connectivity index (χ0n) is 14.5. The van der Waals surface area contributed by atoms with Crippen LogP contribution in [0.5, 0.6) is 0 Å². The van der Waals surface area contributed by atoms with Crippen LogP contribution in [-0.4, -0.2) is 45.2 Å². The van der Waals surface area contributed by atoms with Crippen molar-refractivity contribution in [3.8, 4) is 0 Å². The summed E-state index contributed by atoms with van der Waals surface area (Å²) in [6.07, 6.45) is 3.02. The second-order valence-corrected chi connectivity index (χ2v) is 9.20. The Morgan fingerprint density at radius 2 is 2.12 bits per heavy atom. The highest BCUT2D eigenvalue weighted by Crippen LogP contribution is 2.40. The standard InChI is InChI=1S/C17H22N4O2S2/c1-17(2)7-10-11(8-23-17)25-15-13(10)14(18)19-16(20-15)24-9-12(22)21-5-3-4-6-21/h3-9H2,1-2H3,(H2,18,19,20). The van der Waals surface area contributed by atoms with Crippen LogP contribution in [0.3, 0.4) is 0 Å². The molecule has 4 rings (SSSR count). The van der Waals surface area contributed by atoms with E-state index in [0.717, 1.165) is 42.6 Å². The number of thioether (sulfide) groups is 1. The number of ether oxygens (including phenoxy) is 1. The van der Waals surface area contributed by atoms with Crippen molar-refractivity contribution < 1.29 is 9.53 Å². The summed E-state index contributed by atoms with van der Waals surface area (Å²) in [7, 11) is 0. The summed E-state index contributed by atoms with van der Waals surface area (Å²) < 4.78 is 5.89. The molecule has 0 aliphatic carbocycles. The topological polar surface area (TPSA) is 81.3 Å². The Morgan fingerprint density at radius 1 is 1.36 bits per heavy atom. The van der Waals surface area contributed by atoms with Crippen LogP contribution in [0, 0.1) is 0 Å². The van der Waals surface area contributed by atoms with Gasteiger partial charge in [-0.2, -0.15) is 0 Å². The molecular weight excluding hydrogens is 356 g/mol. The number of likely N-dealkylation sites (tertiary alicyclic amines) is 1. The number of carbonyl (C=O) groups is 1. The molecule has 0 bridgehead atoms. The number of fused-ring (bicyclic) bond motifs is 3. The number of rotatable bonds is 3. The van der Waals surface area contributed by atoms with E-state index >= 15 is 0 Å². The molecule has 4 heterocycles. The van der Waals surface area contributed by atoms with Gasteiger partial charge in [-0.3, -0.25) is 4.79 Å². The van der Waals surface area contributed by atoms with E-state index < -0.39 is 0 Å². The maximum Gasteiger partial charge on any atom is 0.233 e. The first-order valence-corrected chi connectivity index (χ1v) is 10.4. The molecule has 1 amide bonds. The molecule has 2 aliphatic rings. The van der Waals surface area contributed by atoms with Crippen LogP contribution >= 0.6 is 23.1 Å². The lowest BCUT2D eigenvalue weighted by Crippen LogP contribution is -2.31. The van der Waals surface area contributed by atoms with Crippen molar-refractivity contribution in [2.24, 2.45) is 0 Å². The van der Waals surface area contributed by atoms with E-state index in [9.17, 15) is 4.79 Å². The van der Waals surface area contributed by atoms with Gasteiger partial charge < -0.3 is 15.4 Å². The van der Waals surface area contributed by atoms with E-state index in [2.05, 4.69) is 23.8 Å². The van der Waals surface area contributed by atoms with Gasteiger partial charge in [-0.25, -0.2) is 9.97 Å². The number of amides is 1. The minimum absolute atomic E-state index is 0.158. The van der Waals surface area contributed by atoms with Gasteiger partial charge in [0.2, 0.25) is 5.91 Å². The van der Waals surface area contributed by atoms with Crippen LogP contribution in [0.15, 0.2) is 5.16 Å². The van der Waals surface area contributed by atoms with E-state index in [0.29, 0.717) is 23.3 Å². The molecule has 1 saturated heterocycles. The highest BCUT2D eigenvalue weighted by atomic mass is 32.2. The van der Waals surface area contributed by atoms with Crippen LogP contribution in [0.2, 0.25) is 0 Å². The first-order chi connectivity index (χ1) is 11.9. The Morgan fingerprint density at radius 3 is 2.88 bits per heavy atom. The van der Waals surface area contributed by atoms with Gasteiger partial charge >= 0.3 is 0 Å². The molecule has 2 aliphatic heterocycles. The maximum atomic E-state index is 12.2. The van der Waals surface area contributed by atoms with Gasteiger partial charge in [0.25, 0.3) is 0 Å². The number of aromatic nitrogens is 2. The molecule has 6 nitrogen and oxygen atoms in total. The van der Waals surface area contributed by atoms with Gasteiger partial charge in [0.05, 0.1) is 23.3 Å². The molecular formula is C17H22N4O2S2. The average molecular weight is 379 g/mol. The Kier molecular flexibility index (Phi) is 4.37. The Bertz CT molecular complexity index is 828. The van der Waals surface area contributed by atoms with Gasteiger partial charge in [-0.05, 0) is 32.3 Å². The summed E-state index contributed by atoms with van der Waals surface area (Å²) in [5, 5.41) is 1.54. The summed E-state index contributed by atoms with van der Waals surface area (Å²) >= 11 is 3.00. The predicted octanol–water partition coefficient (Wildman–Crippen LogP) is 2.84. The maximum absolute atomic E-state index is 12.2. The molecule has 0 saturated carbocycles. The molecule has 25 heavy (non-hydrogen) atoms. The first kappa shape index (κ1) is 17.1. The summed E-state index contributed by atoms with van der Waals surface area (Å²) in [6.45, 7) is 6.51. The lowest BCUT2D eigenvalue weighted by Gasteiger charge is -2.30. The van der Waals surface area contributed by atoms with E-state index in [4.69, 9.17) is 10.5 Å². The van der Waals surface area contributed by atoms with Crippen molar-refractivity contribution >= 4 is 45.0 Å². The van der Waals surface area contributed by atoms with Crippen molar-refractivity contribution in [3.05, 3.63) is 10.4 Å². The number of nitrogens with two attached hydrogens (primary N) is 1. The molecule has 2 aromatic rings. The molecule has 2 N–H and O–H groups in total. The van der Waals surface area contributed by atoms with Crippen LogP contribution in [0.25, 0.3) is 10.2 Å². The highest BCUT2D eigenvalue weighted by molar-refractivity contribution is 7.99. The minimum atomic E-state index is -0.191. The molecule has 8 heteroatoms. The van der Waals surface area contributed by atoms with Crippen molar-refractivity contribution in [2.45, 2.75) is 50.5 Å². The fourth-order valence-electron chi connectivity index (χ4n) is 3.40. The molecule has 0 atom stereocenters. The molecule has 0 aromatic carbocycles. The van der Waals surface area contributed by atoms with Gasteiger partial charge in [0.15, 0.2) is 5.16 Å². The largest absolute Gasteiger partial charge is 0.383 e. The first-order valence-electron chi connectivity index (χ1n) is 8.55. The molecule has 0 spiro atoms. The van der Waals surface area contributed by atoms with E-state index in [1.807, 2.05) is 4.90 Å². The molecule has 0 unspecified atom stereocenters. The van der Waals surface area contributed by atoms with Crippen LogP contribution < -0.4 is 5.73 Å². The summed E-state index contributed by atoms with van der Waals surface area (Å²) in [5.74, 6) is 1.04. The second kappa shape index (κ2) is 6.41. The summed E-state index contributed by atoms with van der Waals surface area (Å²) in [6, 6.07) is 0. The number of carbonyl (C=O) groups excluding carboxylic acids is 1. The molecule has 2 aromatic heterocycles. The van der Waals surface area contributed by atoms with Crippen molar-refractivity contribution in [1.29, 1.82) is 0 Å². The smallest absolute Gasteiger partial charge is 0.233 e. The third-order valence-corrected chi connectivity index (χ3v) is 6.65. The van der Waals surface area contributed by atoms with Crippen molar-refractivity contribution in [2.75, 3.05) is 24.6 Å². The normalized spacial score (nSPS) is 19.4. The van der Waals surface area contributed by atoms with Gasteiger partial charge in [-0.15, -0.1) is 11.3 Å². The molecule has 0 radical (unpaired) electrons. The fraction of sp³-hybridized carbons (Fsp3) is 0.588. The third kappa shape index (κ3) is 3.35. The van der Waals surface area contributed by atoms with Crippen LogP contribution in [-0.2, 0) is 22.6 Å². The van der Waals surface area contributed by atoms with Crippen LogP contribution in [0.1, 0.15) is 37.1 Å². The van der Waals surface area contributed by atoms with E-state index in [1.165, 1.54) is 22.2 Å². The number of nitrogen functional groups attached to an aromatic ring is 1. The fourth-order valence-corrected chi connectivity index (χ4v) is 5.32. The SMILES string of the molecule is CC1(C)Cc2c(sc3nc(SCC(=O)N4CCCC4)nc(N)c23)CO1. The number of hydrogen-bond acceptors (Lipinski definition) is 7. The number of thiophene rings is 1. The van der Waals surface area contributed by atoms with Gasteiger partial charge in [-0.1, -0.05) is 11.8 Å². The van der Waals surface area contributed by atoms with E-state index in [1.54, 1.807) is 11.3 Å². The van der Waals surface area contributed by atoms with Crippen molar-refractivity contribution in [3.63, 3.8) is 0 Å². The Balaban J connectivity index is 1.57. The van der Waals surface area contributed by atoms with Crippen LogP contribution in [0.4, 0.5) is 5.82 Å². The lowest BCUT2D eigenvalue weighted by atomic mass is 9.94. The minimum Gasteiger partial charge on any atom is -0.383 e. The summed E-state index contributed by atoms with van der Waals surface area (Å²) in [5.41, 5.74) is 7.28.